The first-order valence-corrected chi connectivity index (χ1v) is 6.66. The lowest BCUT2D eigenvalue weighted by Gasteiger charge is -2.09. The fourth-order valence-electron chi connectivity index (χ4n) is 1.76. The predicted molar refractivity (Wildman–Crippen MR) is 80.0 cm³/mol. The van der Waals surface area contributed by atoms with Crippen LogP contribution in [0.1, 0.15) is 23.7 Å². The van der Waals surface area contributed by atoms with E-state index in [1.807, 2.05) is 6.92 Å². The monoisotopic (exact) mass is 287 g/mol. The van der Waals surface area contributed by atoms with Crippen LogP contribution in [-0.2, 0) is 0 Å². The molecule has 0 heterocycles. The quantitative estimate of drug-likeness (QED) is 0.738. The van der Waals surface area contributed by atoms with Crippen molar-refractivity contribution in [2.45, 2.75) is 13.3 Å². The molecule has 110 valence electrons. The topological polar surface area (TPSA) is 78.8 Å². The summed E-state index contributed by atoms with van der Waals surface area (Å²) >= 11 is 0. The molecule has 2 aromatic carbocycles. The van der Waals surface area contributed by atoms with Crippen molar-refractivity contribution in [3.05, 3.63) is 48.0 Å². The zero-order valence-electron chi connectivity index (χ0n) is 11.7. The van der Waals surface area contributed by atoms with E-state index in [1.54, 1.807) is 24.3 Å². The van der Waals surface area contributed by atoms with Crippen LogP contribution >= 0.6 is 0 Å². The highest BCUT2D eigenvalue weighted by molar-refractivity contribution is 6.06. The van der Waals surface area contributed by atoms with E-state index < -0.39 is 5.91 Å². The number of amides is 1. The number of rotatable bonds is 5. The molecule has 2 aromatic rings. The maximum Gasteiger partial charge on any atom is 0.259 e. The van der Waals surface area contributed by atoms with Crippen LogP contribution in [0, 0.1) is 0 Å². The molecule has 5 heteroatoms. The molecule has 0 fully saturated rings. The fraction of sp³-hybridized carbons (Fsp3) is 0.188. The Labute approximate surface area is 122 Å². The van der Waals surface area contributed by atoms with Crippen LogP contribution in [0.3, 0.4) is 0 Å². The van der Waals surface area contributed by atoms with Gasteiger partial charge in [-0.05, 0) is 48.9 Å². The molecule has 3 N–H and O–H groups in total. The van der Waals surface area contributed by atoms with Gasteiger partial charge in [-0.25, -0.2) is 0 Å². The number of aromatic hydroxyl groups is 2. The van der Waals surface area contributed by atoms with E-state index in [0.29, 0.717) is 12.3 Å². The molecule has 0 aliphatic carbocycles. The summed E-state index contributed by atoms with van der Waals surface area (Å²) in [4.78, 5) is 12.0. The first kappa shape index (κ1) is 14.7. The highest BCUT2D eigenvalue weighted by Crippen LogP contribution is 2.23. The molecule has 1 amide bonds. The smallest absolute Gasteiger partial charge is 0.259 e. The molecule has 0 bridgehead atoms. The van der Waals surface area contributed by atoms with Gasteiger partial charge in [-0.2, -0.15) is 0 Å². The molecule has 0 saturated heterocycles. The number of carbonyl (C=O) groups is 1. The van der Waals surface area contributed by atoms with E-state index in [4.69, 9.17) is 4.74 Å². The number of phenolic OH excluding ortho intramolecular Hbond substituents is 2. The third-order valence-corrected chi connectivity index (χ3v) is 2.81. The average Bonchev–Trinajstić information content (AvgIpc) is 2.49. The van der Waals surface area contributed by atoms with Crippen LogP contribution in [0.5, 0.6) is 17.2 Å². The highest BCUT2D eigenvalue weighted by Gasteiger charge is 2.12. The second kappa shape index (κ2) is 6.65. The summed E-state index contributed by atoms with van der Waals surface area (Å²) in [6, 6.07) is 10.7. The first-order chi connectivity index (χ1) is 10.1. The molecule has 0 radical (unpaired) electrons. The number of hydrogen-bond acceptors (Lipinski definition) is 4. The first-order valence-electron chi connectivity index (χ1n) is 6.66. The Bertz CT molecular complexity index is 623. The van der Waals surface area contributed by atoms with Crippen LogP contribution in [0.15, 0.2) is 42.5 Å². The summed E-state index contributed by atoms with van der Waals surface area (Å²) in [6.45, 7) is 2.67. The molecular formula is C16H17NO4. The standard InChI is InChI=1S/C16H17NO4/c1-2-9-21-13-6-3-11(4-7-13)17-16(20)14-10-12(18)5-8-15(14)19/h3-8,10,18-19H,2,9H2,1H3,(H,17,20). The molecule has 0 spiro atoms. The van der Waals surface area contributed by atoms with Crippen LogP contribution in [0.4, 0.5) is 5.69 Å². The van der Waals surface area contributed by atoms with Gasteiger partial charge in [0.25, 0.3) is 5.91 Å². The van der Waals surface area contributed by atoms with E-state index in [2.05, 4.69) is 5.32 Å². The Morgan fingerprint density at radius 1 is 1.14 bits per heavy atom. The van der Waals surface area contributed by atoms with Crippen molar-refractivity contribution in [1.29, 1.82) is 0 Å². The second-order valence-electron chi connectivity index (χ2n) is 4.53. The molecule has 0 aliphatic rings. The molecule has 0 unspecified atom stereocenters. The third-order valence-electron chi connectivity index (χ3n) is 2.81. The van der Waals surface area contributed by atoms with Crippen molar-refractivity contribution in [1.82, 2.24) is 0 Å². The lowest BCUT2D eigenvalue weighted by atomic mass is 10.1. The lowest BCUT2D eigenvalue weighted by molar-refractivity contribution is 0.102. The Hall–Kier alpha value is -2.69. The van der Waals surface area contributed by atoms with Gasteiger partial charge in [0.2, 0.25) is 0 Å². The van der Waals surface area contributed by atoms with Crippen molar-refractivity contribution in [2.24, 2.45) is 0 Å². The minimum atomic E-state index is -0.495. The van der Waals surface area contributed by atoms with E-state index in [9.17, 15) is 15.0 Å². The van der Waals surface area contributed by atoms with Gasteiger partial charge in [-0.15, -0.1) is 0 Å². The van der Waals surface area contributed by atoms with Gasteiger partial charge in [0.05, 0.1) is 12.2 Å². The summed E-state index contributed by atoms with van der Waals surface area (Å²) in [6.07, 6.45) is 0.926. The second-order valence-corrected chi connectivity index (χ2v) is 4.53. The number of phenols is 2. The molecule has 2 rings (SSSR count). The third kappa shape index (κ3) is 3.89. The van der Waals surface area contributed by atoms with Crippen molar-refractivity contribution >= 4 is 11.6 Å². The lowest BCUT2D eigenvalue weighted by Crippen LogP contribution is -2.12. The molecule has 21 heavy (non-hydrogen) atoms. The number of hydrogen-bond donors (Lipinski definition) is 3. The van der Waals surface area contributed by atoms with Gasteiger partial charge in [-0.3, -0.25) is 4.79 Å². The van der Waals surface area contributed by atoms with Gasteiger partial charge < -0.3 is 20.3 Å². The molecular weight excluding hydrogens is 270 g/mol. The van der Waals surface area contributed by atoms with Crippen LogP contribution in [-0.4, -0.2) is 22.7 Å². The predicted octanol–water partition coefficient (Wildman–Crippen LogP) is 3.14. The average molecular weight is 287 g/mol. The number of nitrogens with one attached hydrogen (secondary N) is 1. The maximum absolute atomic E-state index is 12.0. The number of carbonyl (C=O) groups excluding carboxylic acids is 1. The van der Waals surface area contributed by atoms with Crippen LogP contribution in [0.2, 0.25) is 0 Å². The normalized spacial score (nSPS) is 10.1. The molecule has 0 aliphatic heterocycles. The van der Waals surface area contributed by atoms with Crippen molar-refractivity contribution in [3.63, 3.8) is 0 Å². The molecule has 5 nitrogen and oxygen atoms in total. The van der Waals surface area contributed by atoms with E-state index in [-0.39, 0.29) is 17.1 Å². The van der Waals surface area contributed by atoms with Gasteiger partial charge >= 0.3 is 0 Å². The van der Waals surface area contributed by atoms with Crippen LogP contribution < -0.4 is 10.1 Å². The van der Waals surface area contributed by atoms with Gasteiger partial charge in [0.1, 0.15) is 17.2 Å². The summed E-state index contributed by atoms with van der Waals surface area (Å²) in [7, 11) is 0. The molecule has 0 saturated carbocycles. The SMILES string of the molecule is CCCOc1ccc(NC(=O)c2cc(O)ccc2O)cc1. The van der Waals surface area contributed by atoms with Crippen molar-refractivity contribution < 1.29 is 19.7 Å². The molecule has 0 aromatic heterocycles. The zero-order chi connectivity index (χ0) is 15.2. The summed E-state index contributed by atoms with van der Waals surface area (Å²) < 4.78 is 5.45. The number of benzene rings is 2. The summed E-state index contributed by atoms with van der Waals surface area (Å²) in [5.41, 5.74) is 0.591. The van der Waals surface area contributed by atoms with E-state index >= 15 is 0 Å². The van der Waals surface area contributed by atoms with Crippen molar-refractivity contribution in [3.8, 4) is 17.2 Å². The Morgan fingerprint density at radius 2 is 1.86 bits per heavy atom. The molecule has 0 atom stereocenters. The van der Waals surface area contributed by atoms with Crippen LogP contribution in [0.25, 0.3) is 0 Å². The Kier molecular flexibility index (Phi) is 4.66. The number of anilines is 1. The Morgan fingerprint density at radius 3 is 2.52 bits per heavy atom. The van der Waals surface area contributed by atoms with Gasteiger partial charge in [0, 0.05) is 5.69 Å². The summed E-state index contributed by atoms with van der Waals surface area (Å²) in [5, 5.41) is 21.6. The maximum atomic E-state index is 12.0. The number of ether oxygens (including phenoxy) is 1. The van der Waals surface area contributed by atoms with Gasteiger partial charge in [-0.1, -0.05) is 6.92 Å². The largest absolute Gasteiger partial charge is 0.508 e. The zero-order valence-corrected chi connectivity index (χ0v) is 11.7. The van der Waals surface area contributed by atoms with Gasteiger partial charge in [0.15, 0.2) is 0 Å². The Balaban J connectivity index is 2.07. The van der Waals surface area contributed by atoms with Crippen molar-refractivity contribution in [2.75, 3.05) is 11.9 Å². The fourth-order valence-corrected chi connectivity index (χ4v) is 1.76. The highest BCUT2D eigenvalue weighted by atomic mass is 16.5. The minimum absolute atomic E-state index is 0.0151. The minimum Gasteiger partial charge on any atom is -0.508 e. The van der Waals surface area contributed by atoms with E-state index in [1.165, 1.54) is 18.2 Å². The van der Waals surface area contributed by atoms with E-state index in [0.717, 1.165) is 12.2 Å². The summed E-state index contributed by atoms with van der Waals surface area (Å²) in [5.74, 6) is -0.0323.